The molecule has 2 N–H and O–H groups in total. The number of anilines is 1. The van der Waals surface area contributed by atoms with E-state index in [2.05, 4.69) is 10.1 Å². The van der Waals surface area contributed by atoms with Gasteiger partial charge in [0.25, 0.3) is 5.91 Å². The van der Waals surface area contributed by atoms with Crippen LogP contribution >= 0.6 is 0 Å². The van der Waals surface area contributed by atoms with Gasteiger partial charge in [-0.25, -0.2) is 0 Å². The first-order valence-electron chi connectivity index (χ1n) is 9.80. The highest BCUT2D eigenvalue weighted by Gasteiger charge is 2.21. The van der Waals surface area contributed by atoms with Crippen molar-refractivity contribution in [2.75, 3.05) is 44.8 Å². The van der Waals surface area contributed by atoms with E-state index in [9.17, 15) is 4.79 Å². The van der Waals surface area contributed by atoms with Crippen LogP contribution in [0.5, 0.6) is 5.75 Å². The Hall–Kier alpha value is -3.22. The van der Waals surface area contributed by atoms with Gasteiger partial charge in [0.2, 0.25) is 0 Å². The summed E-state index contributed by atoms with van der Waals surface area (Å²) in [6.07, 6.45) is 1.39. The number of methoxy groups -OCH3 is 1. The van der Waals surface area contributed by atoms with Crippen LogP contribution in [0.15, 0.2) is 59.8 Å². The zero-order chi connectivity index (χ0) is 20.5. The molecule has 1 fully saturated rings. The summed E-state index contributed by atoms with van der Waals surface area (Å²) in [5.74, 6) is 1.16. The van der Waals surface area contributed by atoms with Crippen LogP contribution in [0, 0.1) is 0 Å². The maximum atomic E-state index is 12.3. The van der Waals surface area contributed by atoms with Crippen molar-refractivity contribution in [2.24, 2.45) is 10.9 Å². The molecule has 1 saturated heterocycles. The molecule has 2 aromatic rings. The SMILES string of the molecule is COc1ccc(N2CCN(C(=O)CO/N=C(\N)CCc3ccccc3)CC2)cc1. The van der Waals surface area contributed by atoms with Crippen LogP contribution in [0.1, 0.15) is 12.0 Å². The van der Waals surface area contributed by atoms with Gasteiger partial charge < -0.3 is 25.1 Å². The van der Waals surface area contributed by atoms with Gasteiger partial charge in [0.15, 0.2) is 6.61 Å². The van der Waals surface area contributed by atoms with Crippen molar-refractivity contribution in [3.05, 3.63) is 60.2 Å². The van der Waals surface area contributed by atoms with Gasteiger partial charge in [-0.3, -0.25) is 4.79 Å². The van der Waals surface area contributed by atoms with E-state index in [0.29, 0.717) is 25.3 Å². The molecular weight excluding hydrogens is 368 g/mol. The molecule has 0 atom stereocenters. The maximum Gasteiger partial charge on any atom is 0.263 e. The fraction of sp³-hybridized carbons (Fsp3) is 0.364. The predicted molar refractivity (Wildman–Crippen MR) is 114 cm³/mol. The lowest BCUT2D eigenvalue weighted by Gasteiger charge is -2.35. The molecule has 0 aliphatic carbocycles. The van der Waals surface area contributed by atoms with Crippen LogP contribution in [0.3, 0.4) is 0 Å². The second kappa shape index (κ2) is 10.4. The summed E-state index contributed by atoms with van der Waals surface area (Å²) < 4.78 is 5.19. The molecule has 0 bridgehead atoms. The molecule has 1 heterocycles. The Bertz CT molecular complexity index is 801. The van der Waals surface area contributed by atoms with Gasteiger partial charge in [-0.1, -0.05) is 35.5 Å². The van der Waals surface area contributed by atoms with E-state index < -0.39 is 0 Å². The minimum atomic E-state index is -0.0887. The highest BCUT2D eigenvalue weighted by molar-refractivity contribution is 5.80. The van der Waals surface area contributed by atoms with E-state index >= 15 is 0 Å². The number of aryl methyl sites for hydroxylation is 1. The summed E-state index contributed by atoms with van der Waals surface area (Å²) in [5, 5.41) is 3.88. The van der Waals surface area contributed by atoms with Crippen molar-refractivity contribution in [1.82, 2.24) is 4.90 Å². The van der Waals surface area contributed by atoms with Gasteiger partial charge >= 0.3 is 0 Å². The lowest BCUT2D eigenvalue weighted by Crippen LogP contribution is -2.49. The van der Waals surface area contributed by atoms with Crippen molar-refractivity contribution < 1.29 is 14.4 Å². The molecule has 7 heteroatoms. The minimum absolute atomic E-state index is 0.0704. The van der Waals surface area contributed by atoms with E-state index in [1.54, 1.807) is 12.0 Å². The summed E-state index contributed by atoms with van der Waals surface area (Å²) in [4.78, 5) is 21.6. The van der Waals surface area contributed by atoms with E-state index in [-0.39, 0.29) is 12.5 Å². The first kappa shape index (κ1) is 20.5. The van der Waals surface area contributed by atoms with Crippen LogP contribution in [0.2, 0.25) is 0 Å². The quantitative estimate of drug-likeness (QED) is 0.421. The van der Waals surface area contributed by atoms with Crippen LogP contribution in [-0.4, -0.2) is 56.5 Å². The van der Waals surface area contributed by atoms with Gasteiger partial charge in [0.1, 0.15) is 11.6 Å². The number of nitrogens with two attached hydrogens (primary N) is 1. The molecule has 1 aliphatic heterocycles. The standard InChI is InChI=1S/C22H28N4O3/c1-28-20-10-8-19(9-11-20)25-13-15-26(16-14-25)22(27)17-29-24-21(23)12-7-18-5-3-2-4-6-18/h2-6,8-11H,7,12-17H2,1H3,(H2,23,24). The van der Waals surface area contributed by atoms with Gasteiger partial charge in [-0.15, -0.1) is 0 Å². The number of ether oxygens (including phenoxy) is 1. The van der Waals surface area contributed by atoms with Crippen LogP contribution in [0.4, 0.5) is 5.69 Å². The molecule has 0 saturated carbocycles. The number of carbonyl (C=O) groups excluding carboxylic acids is 1. The Morgan fingerprint density at radius 1 is 1.03 bits per heavy atom. The number of carbonyl (C=O) groups is 1. The first-order chi connectivity index (χ1) is 14.2. The average Bonchev–Trinajstić information content (AvgIpc) is 2.78. The Morgan fingerprint density at radius 3 is 2.38 bits per heavy atom. The maximum absolute atomic E-state index is 12.3. The van der Waals surface area contributed by atoms with Crippen LogP contribution in [0.25, 0.3) is 0 Å². The monoisotopic (exact) mass is 396 g/mol. The Morgan fingerprint density at radius 2 is 1.72 bits per heavy atom. The third-order valence-corrected chi connectivity index (χ3v) is 4.95. The smallest absolute Gasteiger partial charge is 0.263 e. The van der Waals surface area contributed by atoms with Crippen molar-refractivity contribution >= 4 is 17.4 Å². The molecule has 0 radical (unpaired) electrons. The third kappa shape index (κ3) is 6.14. The molecule has 1 aliphatic rings. The van der Waals surface area contributed by atoms with E-state index in [4.69, 9.17) is 15.3 Å². The summed E-state index contributed by atoms with van der Waals surface area (Å²) >= 11 is 0. The molecule has 7 nitrogen and oxygen atoms in total. The van der Waals surface area contributed by atoms with Crippen molar-refractivity contribution in [2.45, 2.75) is 12.8 Å². The number of rotatable bonds is 8. The molecule has 29 heavy (non-hydrogen) atoms. The zero-order valence-corrected chi connectivity index (χ0v) is 16.8. The Kier molecular flexibility index (Phi) is 7.33. The van der Waals surface area contributed by atoms with Gasteiger partial charge in [0, 0.05) is 38.3 Å². The zero-order valence-electron chi connectivity index (χ0n) is 16.8. The number of benzene rings is 2. The molecule has 154 valence electrons. The molecular formula is C22H28N4O3. The molecule has 3 rings (SSSR count). The number of oxime groups is 1. The molecule has 0 unspecified atom stereocenters. The number of hydrogen-bond donors (Lipinski definition) is 1. The lowest BCUT2D eigenvalue weighted by atomic mass is 10.1. The van der Waals surface area contributed by atoms with E-state index in [1.807, 2.05) is 54.6 Å². The highest BCUT2D eigenvalue weighted by Crippen LogP contribution is 2.20. The van der Waals surface area contributed by atoms with Gasteiger partial charge in [0.05, 0.1) is 7.11 Å². The van der Waals surface area contributed by atoms with Crippen molar-refractivity contribution in [3.63, 3.8) is 0 Å². The Labute approximate surface area is 171 Å². The summed E-state index contributed by atoms with van der Waals surface area (Å²) in [7, 11) is 1.66. The van der Waals surface area contributed by atoms with Crippen molar-refractivity contribution in [1.29, 1.82) is 0 Å². The van der Waals surface area contributed by atoms with Gasteiger partial charge in [-0.05, 0) is 36.2 Å². The predicted octanol–water partition coefficient (Wildman–Crippen LogP) is 2.27. The fourth-order valence-corrected chi connectivity index (χ4v) is 3.23. The third-order valence-electron chi connectivity index (χ3n) is 4.95. The number of hydrogen-bond acceptors (Lipinski definition) is 5. The number of amides is 1. The summed E-state index contributed by atoms with van der Waals surface area (Å²) in [5.41, 5.74) is 8.19. The fourth-order valence-electron chi connectivity index (χ4n) is 3.23. The summed E-state index contributed by atoms with van der Waals surface area (Å²) in [6, 6.07) is 18.0. The lowest BCUT2D eigenvalue weighted by molar-refractivity contribution is -0.136. The molecule has 0 aromatic heterocycles. The number of nitrogens with zero attached hydrogens (tertiary/aromatic N) is 3. The Balaban J connectivity index is 1.38. The van der Waals surface area contributed by atoms with Crippen LogP contribution in [-0.2, 0) is 16.1 Å². The van der Waals surface area contributed by atoms with Crippen molar-refractivity contribution in [3.8, 4) is 5.75 Å². The molecule has 1 amide bonds. The minimum Gasteiger partial charge on any atom is -0.497 e. The first-order valence-corrected chi connectivity index (χ1v) is 9.80. The molecule has 2 aromatic carbocycles. The highest BCUT2D eigenvalue weighted by atomic mass is 16.6. The topological polar surface area (TPSA) is 80.4 Å². The number of piperazine rings is 1. The van der Waals surface area contributed by atoms with Crippen LogP contribution < -0.4 is 15.4 Å². The second-order valence-corrected chi connectivity index (χ2v) is 6.91. The van der Waals surface area contributed by atoms with Gasteiger partial charge in [-0.2, -0.15) is 0 Å². The van der Waals surface area contributed by atoms with E-state index in [1.165, 1.54) is 5.56 Å². The average molecular weight is 396 g/mol. The van der Waals surface area contributed by atoms with E-state index in [0.717, 1.165) is 30.9 Å². The normalized spacial score (nSPS) is 14.6. The number of amidine groups is 1. The second-order valence-electron chi connectivity index (χ2n) is 6.91. The molecule has 0 spiro atoms. The summed E-state index contributed by atoms with van der Waals surface area (Å²) in [6.45, 7) is 2.78. The largest absolute Gasteiger partial charge is 0.497 e.